The van der Waals surface area contributed by atoms with Crippen molar-refractivity contribution in [3.8, 4) is 16.9 Å². The van der Waals surface area contributed by atoms with Gasteiger partial charge in [0.05, 0.1) is 30.6 Å². The normalized spacial score (nSPS) is 14.4. The van der Waals surface area contributed by atoms with Gasteiger partial charge in [-0.1, -0.05) is 12.1 Å². The summed E-state index contributed by atoms with van der Waals surface area (Å²) >= 11 is 0. The lowest BCUT2D eigenvalue weighted by molar-refractivity contribution is 0.0184. The number of nitrogen functional groups attached to an aromatic ring is 1. The fraction of sp³-hybridized carbons (Fsp3) is 0.385. The van der Waals surface area contributed by atoms with E-state index < -0.39 is 5.60 Å². The van der Waals surface area contributed by atoms with Gasteiger partial charge in [0, 0.05) is 36.6 Å². The first kappa shape index (κ1) is 25.0. The summed E-state index contributed by atoms with van der Waals surface area (Å²) in [4.78, 5) is 31.3. The van der Waals surface area contributed by atoms with Crippen LogP contribution in [0.15, 0.2) is 48.9 Å². The Balaban J connectivity index is 1.44. The van der Waals surface area contributed by atoms with Gasteiger partial charge in [0.15, 0.2) is 0 Å². The molecule has 1 saturated heterocycles. The third-order valence-electron chi connectivity index (χ3n) is 5.94. The van der Waals surface area contributed by atoms with E-state index in [1.807, 2.05) is 43.8 Å². The number of nitrogens with two attached hydrogens (primary N) is 1. The number of piperidine rings is 1. The first-order valence-corrected chi connectivity index (χ1v) is 11.9. The molecule has 0 atom stereocenters. The summed E-state index contributed by atoms with van der Waals surface area (Å²) in [6, 6.07) is 9.02. The fourth-order valence-electron chi connectivity index (χ4n) is 4.08. The molecule has 10 heteroatoms. The van der Waals surface area contributed by atoms with Crippen LogP contribution >= 0.6 is 0 Å². The van der Waals surface area contributed by atoms with Crippen molar-refractivity contribution in [1.82, 2.24) is 19.7 Å². The molecule has 1 aliphatic heterocycles. The zero-order valence-corrected chi connectivity index (χ0v) is 21.0. The molecule has 4 rings (SSSR count). The molecule has 0 bridgehead atoms. The number of nitrogens with one attached hydrogen (secondary N) is 1. The van der Waals surface area contributed by atoms with Crippen molar-refractivity contribution in [3.05, 3.63) is 54.5 Å². The molecule has 10 nitrogen and oxygen atoms in total. The Kier molecular flexibility index (Phi) is 7.14. The zero-order chi connectivity index (χ0) is 25.9. The van der Waals surface area contributed by atoms with Gasteiger partial charge >= 0.3 is 6.09 Å². The summed E-state index contributed by atoms with van der Waals surface area (Å²) in [6.07, 6.45) is 6.56. The molecule has 3 aromatic rings. The molecule has 0 radical (unpaired) electrons. The Morgan fingerprint density at radius 2 is 1.83 bits per heavy atom. The largest absolute Gasteiger partial charge is 0.495 e. The van der Waals surface area contributed by atoms with E-state index in [-0.39, 0.29) is 29.4 Å². The van der Waals surface area contributed by atoms with Crippen molar-refractivity contribution in [2.24, 2.45) is 0 Å². The van der Waals surface area contributed by atoms with Crippen molar-refractivity contribution in [2.45, 2.75) is 45.3 Å². The molecule has 1 fully saturated rings. The van der Waals surface area contributed by atoms with Gasteiger partial charge in [-0.05, 0) is 51.8 Å². The summed E-state index contributed by atoms with van der Waals surface area (Å²) in [6.45, 7) is 6.80. The highest BCUT2D eigenvalue weighted by molar-refractivity contribution is 6.08. The molecular formula is C26H32N6O4. The average Bonchev–Trinajstić information content (AvgIpc) is 3.34. The molecule has 2 amide bonds. The lowest BCUT2D eigenvalue weighted by Gasteiger charge is -2.33. The van der Waals surface area contributed by atoms with Gasteiger partial charge in [0.2, 0.25) is 0 Å². The van der Waals surface area contributed by atoms with Crippen LogP contribution in [0.5, 0.6) is 5.75 Å². The number of nitrogens with zero attached hydrogens (tertiary/aromatic N) is 4. The van der Waals surface area contributed by atoms with E-state index in [4.69, 9.17) is 15.2 Å². The van der Waals surface area contributed by atoms with Crippen molar-refractivity contribution in [3.63, 3.8) is 0 Å². The van der Waals surface area contributed by atoms with Gasteiger partial charge < -0.3 is 25.4 Å². The highest BCUT2D eigenvalue weighted by Gasteiger charge is 2.28. The molecule has 3 N–H and O–H groups in total. The minimum absolute atomic E-state index is 0.132. The van der Waals surface area contributed by atoms with Gasteiger partial charge in [0.1, 0.15) is 17.2 Å². The van der Waals surface area contributed by atoms with Crippen LogP contribution in [-0.4, -0.2) is 57.5 Å². The lowest BCUT2D eigenvalue weighted by atomic mass is 10.1. The van der Waals surface area contributed by atoms with E-state index in [9.17, 15) is 9.59 Å². The lowest BCUT2D eigenvalue weighted by Crippen LogP contribution is -2.42. The molecule has 0 aliphatic carbocycles. The van der Waals surface area contributed by atoms with Gasteiger partial charge in [-0.15, -0.1) is 0 Å². The maximum Gasteiger partial charge on any atom is 0.410 e. The van der Waals surface area contributed by atoms with Gasteiger partial charge in [-0.3, -0.25) is 9.48 Å². The predicted molar refractivity (Wildman–Crippen MR) is 137 cm³/mol. The Morgan fingerprint density at radius 1 is 1.11 bits per heavy atom. The first-order valence-electron chi connectivity index (χ1n) is 11.9. The molecule has 0 spiro atoms. The molecule has 3 heterocycles. The van der Waals surface area contributed by atoms with Crippen molar-refractivity contribution < 1.29 is 19.1 Å². The third-order valence-corrected chi connectivity index (χ3v) is 5.94. The second-order valence-electron chi connectivity index (χ2n) is 9.72. The minimum atomic E-state index is -0.513. The van der Waals surface area contributed by atoms with Crippen molar-refractivity contribution in [1.29, 1.82) is 0 Å². The summed E-state index contributed by atoms with van der Waals surface area (Å²) in [5.74, 6) is 0.300. The molecule has 190 valence electrons. The number of para-hydroxylation sites is 2. The van der Waals surface area contributed by atoms with Crippen LogP contribution in [0.2, 0.25) is 0 Å². The predicted octanol–water partition coefficient (Wildman–Crippen LogP) is 4.36. The van der Waals surface area contributed by atoms with Crippen LogP contribution in [-0.2, 0) is 4.74 Å². The number of carbonyl (C=O) groups excluding carboxylic acids is 2. The number of pyridine rings is 1. The average molecular weight is 493 g/mol. The van der Waals surface area contributed by atoms with Crippen LogP contribution in [0.25, 0.3) is 11.1 Å². The molecule has 2 aromatic heterocycles. The van der Waals surface area contributed by atoms with Gasteiger partial charge in [-0.25, -0.2) is 9.78 Å². The highest BCUT2D eigenvalue weighted by atomic mass is 16.6. The number of carbonyl (C=O) groups is 2. The molecule has 0 saturated carbocycles. The maximum atomic E-state index is 13.0. The smallest absolute Gasteiger partial charge is 0.410 e. The van der Waals surface area contributed by atoms with Gasteiger partial charge in [0.25, 0.3) is 5.91 Å². The number of hydrogen-bond donors (Lipinski definition) is 2. The Bertz CT molecular complexity index is 1240. The van der Waals surface area contributed by atoms with E-state index in [2.05, 4.69) is 15.4 Å². The molecule has 0 unspecified atom stereocenters. The summed E-state index contributed by atoms with van der Waals surface area (Å²) in [5.41, 5.74) is 7.87. The SMILES string of the molecule is COc1ccccc1NC(=O)c1cc(-c2cnn(C3CCN(C(=O)OC(C)(C)C)CC3)c2)cnc1N. The van der Waals surface area contributed by atoms with E-state index in [0.717, 1.165) is 24.0 Å². The molecule has 36 heavy (non-hydrogen) atoms. The number of benzene rings is 1. The Hall–Kier alpha value is -4.08. The van der Waals surface area contributed by atoms with E-state index in [1.54, 1.807) is 42.6 Å². The van der Waals surface area contributed by atoms with E-state index in [0.29, 0.717) is 24.5 Å². The minimum Gasteiger partial charge on any atom is -0.495 e. The molecule has 1 aliphatic rings. The maximum absolute atomic E-state index is 13.0. The van der Waals surface area contributed by atoms with E-state index in [1.165, 1.54) is 0 Å². The Morgan fingerprint density at radius 3 is 2.53 bits per heavy atom. The zero-order valence-electron chi connectivity index (χ0n) is 21.0. The number of aromatic nitrogens is 3. The Labute approximate surface area is 210 Å². The number of methoxy groups -OCH3 is 1. The van der Waals surface area contributed by atoms with Crippen molar-refractivity contribution in [2.75, 3.05) is 31.2 Å². The monoisotopic (exact) mass is 492 g/mol. The number of rotatable bonds is 5. The molecular weight excluding hydrogens is 460 g/mol. The van der Waals surface area contributed by atoms with E-state index >= 15 is 0 Å². The number of hydrogen-bond acceptors (Lipinski definition) is 7. The number of amides is 2. The molecule has 1 aromatic carbocycles. The van der Waals surface area contributed by atoms with Crippen LogP contribution < -0.4 is 15.8 Å². The fourth-order valence-corrected chi connectivity index (χ4v) is 4.08. The quantitative estimate of drug-likeness (QED) is 0.542. The summed E-state index contributed by atoms with van der Waals surface area (Å²) < 4.78 is 12.7. The van der Waals surface area contributed by atoms with Crippen molar-refractivity contribution >= 4 is 23.5 Å². The second kappa shape index (κ2) is 10.3. The topological polar surface area (TPSA) is 125 Å². The van der Waals surface area contributed by atoms with Crippen LogP contribution in [0.1, 0.15) is 50.0 Å². The second-order valence-corrected chi connectivity index (χ2v) is 9.72. The standard InChI is InChI=1S/C26H32N6O4/c1-26(2,3)36-25(34)31-11-9-19(10-12-31)32-16-18(15-29-32)17-13-20(23(27)28-14-17)24(33)30-21-7-5-6-8-22(21)35-4/h5-8,13-16,19H,9-12H2,1-4H3,(H2,27,28)(H,30,33). The third kappa shape index (κ3) is 5.76. The van der Waals surface area contributed by atoms with Crippen LogP contribution in [0.4, 0.5) is 16.3 Å². The van der Waals surface area contributed by atoms with Crippen LogP contribution in [0.3, 0.4) is 0 Å². The number of anilines is 2. The summed E-state index contributed by atoms with van der Waals surface area (Å²) in [5, 5.41) is 7.37. The van der Waals surface area contributed by atoms with Crippen LogP contribution in [0, 0.1) is 0 Å². The summed E-state index contributed by atoms with van der Waals surface area (Å²) in [7, 11) is 1.54. The first-order chi connectivity index (χ1) is 17.1. The number of ether oxygens (including phenoxy) is 2. The highest BCUT2D eigenvalue weighted by Crippen LogP contribution is 2.28. The van der Waals surface area contributed by atoms with Gasteiger partial charge in [-0.2, -0.15) is 5.10 Å². The number of likely N-dealkylation sites (tertiary alicyclic amines) is 1.